The second kappa shape index (κ2) is 34.4. The zero-order valence-corrected chi connectivity index (χ0v) is 41.9. The van der Waals surface area contributed by atoms with Crippen LogP contribution >= 0.6 is 54.8 Å². The van der Waals surface area contributed by atoms with Crippen LogP contribution in [-0.4, -0.2) is 72.8 Å². The summed E-state index contributed by atoms with van der Waals surface area (Å²) in [5.74, 6) is 2.74. The number of unbranched alkanes of at least 4 members (excludes halogenated alkanes) is 2. The topological polar surface area (TPSA) is 111 Å². The maximum absolute atomic E-state index is 12.0. The molecule has 6 rings (SSSR count). The van der Waals surface area contributed by atoms with Gasteiger partial charge in [0, 0.05) is 84.3 Å². The first-order valence-electron chi connectivity index (χ1n) is 21.1. The van der Waals surface area contributed by atoms with Gasteiger partial charge in [-0.1, -0.05) is 92.4 Å². The van der Waals surface area contributed by atoms with Gasteiger partial charge in [0.2, 0.25) is 11.1 Å². The molecule has 0 radical (unpaired) electrons. The highest BCUT2D eigenvalue weighted by atomic mass is 35.5. The van der Waals surface area contributed by atoms with Gasteiger partial charge in [0.1, 0.15) is 0 Å². The second-order valence-electron chi connectivity index (χ2n) is 14.6. The summed E-state index contributed by atoms with van der Waals surface area (Å²) in [6.45, 7) is 2.90. The highest BCUT2D eigenvalue weighted by molar-refractivity contribution is 8.77. The van der Waals surface area contributed by atoms with Gasteiger partial charge in [-0.05, 0) is 74.4 Å². The summed E-state index contributed by atoms with van der Waals surface area (Å²) in [5, 5.41) is 17.1. The predicted octanol–water partition coefficient (Wildman–Crippen LogP) is 3.15. The predicted molar refractivity (Wildman–Crippen MR) is 265 cm³/mol. The maximum Gasteiger partial charge on any atom is 0.221 e. The zero-order valence-electron chi connectivity index (χ0n) is 36.4. The first-order valence-corrected chi connectivity index (χ1v) is 26.3. The van der Waals surface area contributed by atoms with Gasteiger partial charge in [0.05, 0.1) is 36.9 Å². The molecule has 2 fully saturated rings. The van der Waals surface area contributed by atoms with Crippen molar-refractivity contribution in [2.24, 2.45) is 15.9 Å². The van der Waals surface area contributed by atoms with Gasteiger partial charge in [0.25, 0.3) is 0 Å². The molecule has 4 aromatic rings. The monoisotopic (exact) mass is 992 g/mol. The van der Waals surface area contributed by atoms with Crippen molar-refractivity contribution >= 4 is 89.7 Å². The lowest BCUT2D eigenvalue weighted by Gasteiger charge is -2.11. The molecule has 63 heavy (non-hydrogen) atoms. The van der Waals surface area contributed by atoms with Crippen LogP contribution in [0.15, 0.2) is 120 Å². The quantitative estimate of drug-likeness (QED) is 0.0325. The van der Waals surface area contributed by atoms with Gasteiger partial charge < -0.3 is 35.9 Å². The van der Waals surface area contributed by atoms with E-state index in [0.717, 1.165) is 71.8 Å². The Morgan fingerprint density at radius 2 is 1.14 bits per heavy atom. The van der Waals surface area contributed by atoms with Crippen LogP contribution in [0.2, 0.25) is 0 Å². The van der Waals surface area contributed by atoms with Gasteiger partial charge in [-0.15, -0.1) is 0 Å². The van der Waals surface area contributed by atoms with Crippen LogP contribution in [0.3, 0.4) is 0 Å². The van der Waals surface area contributed by atoms with Crippen LogP contribution in [0.5, 0.6) is 0 Å². The van der Waals surface area contributed by atoms with Crippen molar-refractivity contribution in [1.82, 2.24) is 5.32 Å². The first-order chi connectivity index (χ1) is 29.8. The summed E-state index contributed by atoms with van der Waals surface area (Å²) in [4.78, 5) is 22.4. The molecule has 344 valence electrons. The Kier molecular flexibility index (Phi) is 30.7. The first kappa shape index (κ1) is 56.2. The van der Waals surface area contributed by atoms with E-state index in [-0.39, 0.29) is 36.0 Å². The number of hydrogen-bond donors (Lipinski definition) is 2. The fourth-order valence-corrected chi connectivity index (χ4v) is 12.3. The van der Waals surface area contributed by atoms with Crippen molar-refractivity contribution < 1.29 is 43.5 Å². The lowest BCUT2D eigenvalue weighted by Crippen LogP contribution is -3.00. The number of para-hydroxylation sites is 2. The number of pyridine rings is 2. The number of hydrogen-bond acceptors (Lipinski definition) is 11. The molecule has 2 aromatic heterocycles. The van der Waals surface area contributed by atoms with Crippen LogP contribution in [0.25, 0.3) is 0 Å². The fourth-order valence-electron chi connectivity index (χ4n) is 6.12. The molecule has 10 nitrogen and oxygen atoms in total. The SMILES string of the molecule is CN(/N=C/c1cc[n+](CCN)cc1)c1ccccc1.CN(/N=C/c1cc[n+](CCNC(=O)CCCCC2CCSS2)cc1)c1ccccc1.O=C(Cl)CCCCC1CCSS1.[Cl-].[Cl-]. The van der Waals surface area contributed by atoms with E-state index in [0.29, 0.717) is 25.9 Å². The van der Waals surface area contributed by atoms with Crippen LogP contribution < -0.4 is 55.0 Å². The number of halogens is 3. The van der Waals surface area contributed by atoms with E-state index in [2.05, 4.69) is 24.7 Å². The smallest absolute Gasteiger partial charge is 0.221 e. The molecule has 2 aliphatic rings. The minimum Gasteiger partial charge on any atom is -1.00 e. The molecule has 2 aromatic carbocycles. The molecule has 0 bridgehead atoms. The van der Waals surface area contributed by atoms with E-state index in [4.69, 9.17) is 17.3 Å². The molecule has 2 saturated heterocycles. The minimum absolute atomic E-state index is 0. The Bertz CT molecular complexity index is 1860. The standard InChI is InChI=1S/C23H30N4OS2.C15H19N4.C8H13ClOS2.2ClH/c1-26(21-7-3-2-4-8-21)25-19-20-11-15-27(16-12-20)17-14-24-23(28)10-6-5-9-22-13-18-29-30-22;1-18(15-5-3-2-4-6-15)17-13-14-7-10-19(11-8-14)12-9-16;9-8(10)4-2-1-3-7-5-6-11-12-7;;/h2-4,7-8,11-12,15-16,19,22H,5-6,9-10,13-14,17-18H2,1H3;2-8,10-11,13H,9,12,16H2,1H3;7H,1-6H2;2*1H/q;+1;;;/p-1. The maximum atomic E-state index is 12.0. The van der Waals surface area contributed by atoms with Gasteiger partial charge in [-0.2, -0.15) is 10.2 Å². The van der Waals surface area contributed by atoms with E-state index in [1.807, 2.05) is 189 Å². The van der Waals surface area contributed by atoms with Crippen molar-refractivity contribution in [1.29, 1.82) is 0 Å². The number of nitrogens with two attached hydrogens (primary N) is 1. The molecule has 0 saturated carbocycles. The summed E-state index contributed by atoms with van der Waals surface area (Å²) in [6, 6.07) is 28.2. The number of rotatable bonds is 21. The molecule has 0 aliphatic carbocycles. The number of nitrogens with zero attached hydrogens (tertiary/aromatic N) is 6. The number of anilines is 2. The van der Waals surface area contributed by atoms with E-state index < -0.39 is 0 Å². The number of hydrazone groups is 2. The van der Waals surface area contributed by atoms with E-state index in [9.17, 15) is 9.59 Å². The molecule has 2 atom stereocenters. The summed E-state index contributed by atoms with van der Waals surface area (Å²) >= 11 is 5.22. The molecule has 0 spiro atoms. The molecule has 1 amide bonds. The largest absolute Gasteiger partial charge is 1.00 e. The molecule has 2 aliphatic heterocycles. The number of carbonyl (C=O) groups is 2. The third kappa shape index (κ3) is 24.8. The lowest BCUT2D eigenvalue weighted by atomic mass is 10.1. The Morgan fingerprint density at radius 1 is 0.698 bits per heavy atom. The normalized spacial score (nSPS) is 15.3. The summed E-state index contributed by atoms with van der Waals surface area (Å²) < 4.78 is 4.13. The van der Waals surface area contributed by atoms with E-state index in [1.165, 1.54) is 37.2 Å². The van der Waals surface area contributed by atoms with Crippen LogP contribution in [0.1, 0.15) is 75.3 Å². The lowest BCUT2D eigenvalue weighted by molar-refractivity contribution is -0.694. The summed E-state index contributed by atoms with van der Waals surface area (Å²) in [6.07, 6.45) is 22.4. The van der Waals surface area contributed by atoms with Crippen LogP contribution in [-0.2, 0) is 22.7 Å². The van der Waals surface area contributed by atoms with Crippen LogP contribution in [0.4, 0.5) is 11.4 Å². The number of carbonyl (C=O) groups excluding carboxylic acids is 2. The van der Waals surface area contributed by atoms with Crippen molar-refractivity contribution in [3.63, 3.8) is 0 Å². The number of nitrogens with one attached hydrogen (secondary N) is 1. The molecule has 2 unspecified atom stereocenters. The Balaban J connectivity index is 0.000000354. The fraction of sp³-hybridized carbons (Fsp3) is 0.435. The molecule has 17 heteroatoms. The third-order valence-corrected chi connectivity index (χ3v) is 15.9. The molecular weight excluding hydrogens is 931 g/mol. The average molecular weight is 995 g/mol. The molecule has 3 N–H and O–H groups in total. The Morgan fingerprint density at radius 3 is 1.56 bits per heavy atom. The minimum atomic E-state index is -0.191. The second-order valence-corrected chi connectivity index (χ2v) is 20.6. The highest BCUT2D eigenvalue weighted by Gasteiger charge is 2.17. The van der Waals surface area contributed by atoms with Gasteiger partial charge in [0.15, 0.2) is 37.9 Å². The number of aromatic nitrogens is 2. The van der Waals surface area contributed by atoms with Gasteiger partial charge in [-0.25, -0.2) is 9.13 Å². The zero-order chi connectivity index (χ0) is 43.3. The average Bonchev–Trinajstić information content (AvgIpc) is 4.03. The number of benzene rings is 2. The highest BCUT2D eigenvalue weighted by Crippen LogP contribution is 2.40. The van der Waals surface area contributed by atoms with Crippen molar-refractivity contribution in [3.8, 4) is 0 Å². The Hall–Kier alpha value is -2.95. The van der Waals surface area contributed by atoms with Gasteiger partial charge >= 0.3 is 0 Å². The van der Waals surface area contributed by atoms with Gasteiger partial charge in [-0.3, -0.25) is 19.6 Å². The van der Waals surface area contributed by atoms with Crippen molar-refractivity contribution in [2.45, 2.75) is 87.8 Å². The number of amides is 1. The molecule has 4 heterocycles. The van der Waals surface area contributed by atoms with Crippen LogP contribution in [0, 0.1) is 0 Å². The van der Waals surface area contributed by atoms with E-state index >= 15 is 0 Å². The summed E-state index contributed by atoms with van der Waals surface area (Å²) in [7, 11) is 11.8. The third-order valence-electron chi connectivity index (χ3n) is 9.72. The molecular formula is C46H63Cl3N8O2S4. The van der Waals surface area contributed by atoms with Crippen molar-refractivity contribution in [2.75, 3.05) is 48.7 Å². The summed E-state index contributed by atoms with van der Waals surface area (Å²) in [5.41, 5.74) is 9.72. The van der Waals surface area contributed by atoms with Crippen molar-refractivity contribution in [3.05, 3.63) is 121 Å². The van der Waals surface area contributed by atoms with E-state index in [1.54, 1.807) is 0 Å². The Labute approximate surface area is 409 Å².